The molecule has 8 heteroatoms. The Hall–Kier alpha value is -2.87. The van der Waals surface area contributed by atoms with E-state index in [0.29, 0.717) is 11.7 Å². The SMILES string of the molecule is COc1ccc(-n2nnnc2SCC(=O)NCCc2ccccc2C)cc1. The van der Waals surface area contributed by atoms with Crippen LogP contribution in [0.3, 0.4) is 0 Å². The highest BCUT2D eigenvalue weighted by atomic mass is 32.2. The number of aryl methyl sites for hydroxylation is 1. The Bertz CT molecular complexity index is 895. The van der Waals surface area contributed by atoms with E-state index in [-0.39, 0.29) is 11.7 Å². The minimum Gasteiger partial charge on any atom is -0.497 e. The van der Waals surface area contributed by atoms with Gasteiger partial charge in [0, 0.05) is 6.54 Å². The smallest absolute Gasteiger partial charge is 0.230 e. The monoisotopic (exact) mass is 383 g/mol. The number of nitrogens with one attached hydrogen (secondary N) is 1. The topological polar surface area (TPSA) is 81.9 Å². The fourth-order valence-corrected chi connectivity index (χ4v) is 3.28. The fourth-order valence-electron chi connectivity index (χ4n) is 2.56. The summed E-state index contributed by atoms with van der Waals surface area (Å²) in [6.07, 6.45) is 0.812. The van der Waals surface area contributed by atoms with Gasteiger partial charge < -0.3 is 10.1 Å². The lowest BCUT2D eigenvalue weighted by molar-refractivity contribution is -0.118. The lowest BCUT2D eigenvalue weighted by atomic mass is 10.1. The summed E-state index contributed by atoms with van der Waals surface area (Å²) in [5, 5.41) is 15.2. The van der Waals surface area contributed by atoms with Gasteiger partial charge in [-0.3, -0.25) is 4.79 Å². The van der Waals surface area contributed by atoms with Crippen molar-refractivity contribution in [2.75, 3.05) is 19.4 Å². The van der Waals surface area contributed by atoms with E-state index in [9.17, 15) is 4.79 Å². The molecule has 0 atom stereocenters. The molecule has 0 radical (unpaired) electrons. The molecule has 0 aliphatic heterocycles. The maximum atomic E-state index is 12.1. The van der Waals surface area contributed by atoms with Crippen LogP contribution in [0.4, 0.5) is 0 Å². The van der Waals surface area contributed by atoms with Crippen LogP contribution in [-0.4, -0.2) is 45.5 Å². The highest BCUT2D eigenvalue weighted by molar-refractivity contribution is 7.99. The molecule has 1 N–H and O–H groups in total. The highest BCUT2D eigenvalue weighted by Gasteiger charge is 2.11. The van der Waals surface area contributed by atoms with Crippen LogP contribution in [0.5, 0.6) is 5.75 Å². The molecule has 27 heavy (non-hydrogen) atoms. The average Bonchev–Trinajstić information content (AvgIpc) is 3.16. The van der Waals surface area contributed by atoms with E-state index in [2.05, 4.69) is 39.9 Å². The number of benzene rings is 2. The number of nitrogens with zero attached hydrogens (tertiary/aromatic N) is 4. The Morgan fingerprint density at radius 3 is 2.70 bits per heavy atom. The third-order valence-corrected chi connectivity index (χ3v) is 4.99. The summed E-state index contributed by atoms with van der Waals surface area (Å²) in [6, 6.07) is 15.6. The van der Waals surface area contributed by atoms with Crippen LogP contribution < -0.4 is 10.1 Å². The van der Waals surface area contributed by atoms with Crippen LogP contribution in [-0.2, 0) is 11.2 Å². The quantitative estimate of drug-likeness (QED) is 0.602. The molecular weight excluding hydrogens is 362 g/mol. The van der Waals surface area contributed by atoms with Crippen LogP contribution in [0.2, 0.25) is 0 Å². The van der Waals surface area contributed by atoms with E-state index in [1.807, 2.05) is 36.4 Å². The molecular formula is C19H21N5O2S. The van der Waals surface area contributed by atoms with E-state index < -0.39 is 0 Å². The minimum absolute atomic E-state index is 0.0436. The Kier molecular flexibility index (Phi) is 6.43. The van der Waals surface area contributed by atoms with Gasteiger partial charge in [-0.2, -0.15) is 4.68 Å². The number of aromatic nitrogens is 4. The van der Waals surface area contributed by atoms with Crippen LogP contribution in [0.15, 0.2) is 53.7 Å². The minimum atomic E-state index is -0.0436. The lowest BCUT2D eigenvalue weighted by Gasteiger charge is -2.08. The first-order valence-electron chi connectivity index (χ1n) is 8.54. The van der Waals surface area contributed by atoms with Crippen molar-refractivity contribution in [3.63, 3.8) is 0 Å². The van der Waals surface area contributed by atoms with Gasteiger partial charge in [-0.25, -0.2) is 0 Å². The van der Waals surface area contributed by atoms with Crippen molar-refractivity contribution in [3.05, 3.63) is 59.7 Å². The van der Waals surface area contributed by atoms with Crippen LogP contribution in [0.1, 0.15) is 11.1 Å². The van der Waals surface area contributed by atoms with Crippen LogP contribution >= 0.6 is 11.8 Å². The average molecular weight is 383 g/mol. The Balaban J connectivity index is 1.50. The molecule has 1 heterocycles. The van der Waals surface area contributed by atoms with Crippen LogP contribution in [0.25, 0.3) is 5.69 Å². The zero-order valence-electron chi connectivity index (χ0n) is 15.3. The number of carbonyl (C=O) groups excluding carboxylic acids is 1. The summed E-state index contributed by atoms with van der Waals surface area (Å²) >= 11 is 1.30. The maximum Gasteiger partial charge on any atom is 0.230 e. The van der Waals surface area contributed by atoms with E-state index in [0.717, 1.165) is 17.9 Å². The molecule has 2 aromatic carbocycles. The zero-order chi connectivity index (χ0) is 19.1. The molecule has 0 saturated heterocycles. The van der Waals surface area contributed by atoms with E-state index >= 15 is 0 Å². The molecule has 0 aliphatic carbocycles. The Morgan fingerprint density at radius 1 is 1.19 bits per heavy atom. The van der Waals surface area contributed by atoms with Gasteiger partial charge in [0.15, 0.2) is 0 Å². The first-order chi connectivity index (χ1) is 13.2. The number of hydrogen-bond acceptors (Lipinski definition) is 6. The van der Waals surface area contributed by atoms with E-state index in [1.165, 1.54) is 22.9 Å². The van der Waals surface area contributed by atoms with Gasteiger partial charge in [0.05, 0.1) is 18.6 Å². The first-order valence-corrected chi connectivity index (χ1v) is 9.53. The number of tetrazole rings is 1. The van der Waals surface area contributed by atoms with Gasteiger partial charge >= 0.3 is 0 Å². The van der Waals surface area contributed by atoms with Crippen molar-refractivity contribution in [2.45, 2.75) is 18.5 Å². The molecule has 3 rings (SSSR count). The van der Waals surface area contributed by atoms with Crippen molar-refractivity contribution in [2.24, 2.45) is 0 Å². The predicted octanol–water partition coefficient (Wildman–Crippen LogP) is 2.43. The van der Waals surface area contributed by atoms with Crippen molar-refractivity contribution >= 4 is 17.7 Å². The zero-order valence-corrected chi connectivity index (χ0v) is 16.1. The van der Waals surface area contributed by atoms with Gasteiger partial charge in [-0.1, -0.05) is 36.0 Å². The van der Waals surface area contributed by atoms with Crippen LogP contribution in [0, 0.1) is 6.92 Å². The number of methoxy groups -OCH3 is 1. The third kappa shape index (κ3) is 5.07. The number of hydrogen-bond donors (Lipinski definition) is 1. The predicted molar refractivity (Wildman–Crippen MR) is 104 cm³/mol. The molecule has 0 saturated carbocycles. The molecule has 0 fully saturated rings. The number of ether oxygens (including phenoxy) is 1. The molecule has 0 unspecified atom stereocenters. The standard InChI is InChI=1S/C19H21N5O2S/c1-14-5-3-4-6-15(14)11-12-20-18(25)13-27-19-21-22-23-24(19)16-7-9-17(26-2)10-8-16/h3-10H,11-13H2,1-2H3,(H,20,25). The van der Waals surface area contributed by atoms with E-state index in [4.69, 9.17) is 4.74 Å². The second-order valence-electron chi connectivity index (χ2n) is 5.89. The normalized spacial score (nSPS) is 10.6. The number of rotatable bonds is 8. The number of amides is 1. The molecule has 3 aromatic rings. The summed E-state index contributed by atoms with van der Waals surface area (Å²) in [6.45, 7) is 2.68. The third-order valence-electron chi connectivity index (χ3n) is 4.07. The van der Waals surface area contributed by atoms with Crippen molar-refractivity contribution < 1.29 is 9.53 Å². The summed E-state index contributed by atoms with van der Waals surface area (Å²) in [4.78, 5) is 12.1. The highest BCUT2D eigenvalue weighted by Crippen LogP contribution is 2.20. The number of carbonyl (C=O) groups is 1. The summed E-state index contributed by atoms with van der Waals surface area (Å²) < 4.78 is 6.76. The van der Waals surface area contributed by atoms with Crippen molar-refractivity contribution in [3.8, 4) is 11.4 Å². The summed E-state index contributed by atoms with van der Waals surface area (Å²) in [5.74, 6) is 0.969. The fraction of sp³-hybridized carbons (Fsp3) is 0.263. The molecule has 0 bridgehead atoms. The molecule has 1 aromatic heterocycles. The number of thioether (sulfide) groups is 1. The van der Waals surface area contributed by atoms with Gasteiger partial charge in [0.25, 0.3) is 0 Å². The Labute approximate surface area is 162 Å². The van der Waals surface area contributed by atoms with Crippen molar-refractivity contribution in [1.29, 1.82) is 0 Å². The van der Waals surface area contributed by atoms with E-state index in [1.54, 1.807) is 11.8 Å². The molecule has 0 aliphatic rings. The molecule has 140 valence electrons. The largest absolute Gasteiger partial charge is 0.497 e. The van der Waals surface area contributed by atoms with Gasteiger partial charge in [-0.05, 0) is 59.2 Å². The van der Waals surface area contributed by atoms with Gasteiger partial charge in [-0.15, -0.1) is 5.10 Å². The van der Waals surface area contributed by atoms with Gasteiger partial charge in [0.1, 0.15) is 5.75 Å². The summed E-state index contributed by atoms with van der Waals surface area (Å²) in [5.41, 5.74) is 3.29. The Morgan fingerprint density at radius 2 is 1.96 bits per heavy atom. The second-order valence-corrected chi connectivity index (χ2v) is 6.83. The maximum absolute atomic E-state index is 12.1. The first kappa shape index (κ1) is 18.9. The van der Waals surface area contributed by atoms with Crippen molar-refractivity contribution in [1.82, 2.24) is 25.5 Å². The summed E-state index contributed by atoms with van der Waals surface area (Å²) in [7, 11) is 1.62. The molecule has 1 amide bonds. The second kappa shape index (κ2) is 9.18. The van der Waals surface area contributed by atoms with Gasteiger partial charge in [0.2, 0.25) is 11.1 Å². The lowest BCUT2D eigenvalue weighted by Crippen LogP contribution is -2.27. The molecule has 7 nitrogen and oxygen atoms in total. The molecule has 0 spiro atoms.